The van der Waals surface area contributed by atoms with Crippen molar-refractivity contribution in [2.75, 3.05) is 0 Å². The summed E-state index contributed by atoms with van der Waals surface area (Å²) in [5, 5.41) is 3.07. The minimum atomic E-state index is 0. The third-order valence-corrected chi connectivity index (χ3v) is 2.60. The topological polar surface area (TPSA) is 38.9 Å². The highest BCUT2D eigenvalue weighted by molar-refractivity contribution is 9.10. The van der Waals surface area contributed by atoms with Gasteiger partial charge in [0.25, 0.3) is 0 Å². The zero-order valence-electron chi connectivity index (χ0n) is 6.08. The normalized spacial score (nSPS) is 12.3. The van der Waals surface area contributed by atoms with Crippen molar-refractivity contribution in [2.24, 2.45) is 5.73 Å². The summed E-state index contributed by atoms with van der Waals surface area (Å²) in [4.78, 5) is 4.21. The molecule has 11 heavy (non-hydrogen) atoms. The molecule has 0 spiro atoms. The van der Waals surface area contributed by atoms with E-state index in [9.17, 15) is 0 Å². The number of thiazole rings is 1. The molecule has 0 aliphatic heterocycles. The molecule has 1 aromatic heterocycles. The van der Waals surface area contributed by atoms with Gasteiger partial charge < -0.3 is 5.73 Å². The summed E-state index contributed by atoms with van der Waals surface area (Å²) in [6, 6.07) is 0.207. The maximum atomic E-state index is 5.59. The van der Waals surface area contributed by atoms with Crippen LogP contribution in [-0.4, -0.2) is 11.0 Å². The van der Waals surface area contributed by atoms with Crippen molar-refractivity contribution < 1.29 is 0 Å². The van der Waals surface area contributed by atoms with Crippen LogP contribution in [0.5, 0.6) is 0 Å². The second-order valence-corrected chi connectivity index (χ2v) is 4.00. The Hall–Kier alpha value is 0.360. The van der Waals surface area contributed by atoms with E-state index in [0.717, 1.165) is 16.0 Å². The summed E-state index contributed by atoms with van der Waals surface area (Å²) < 4.78 is 0.910. The van der Waals surface area contributed by atoms with E-state index in [-0.39, 0.29) is 18.4 Å². The molecular formula is C6H10BrClN2S. The number of nitrogens with two attached hydrogens (primary N) is 1. The van der Waals surface area contributed by atoms with Crippen LogP contribution in [0.3, 0.4) is 0 Å². The van der Waals surface area contributed by atoms with E-state index < -0.39 is 0 Å². The zero-order chi connectivity index (χ0) is 7.56. The number of aromatic nitrogens is 1. The van der Waals surface area contributed by atoms with Gasteiger partial charge in [0, 0.05) is 17.8 Å². The van der Waals surface area contributed by atoms with Crippen molar-refractivity contribution in [3.8, 4) is 0 Å². The summed E-state index contributed by atoms with van der Waals surface area (Å²) in [6.07, 6.45) is 0.871. The highest BCUT2D eigenvalue weighted by atomic mass is 79.9. The minimum absolute atomic E-state index is 0. The van der Waals surface area contributed by atoms with Crippen LogP contribution in [-0.2, 0) is 6.42 Å². The third kappa shape index (κ3) is 4.06. The van der Waals surface area contributed by atoms with E-state index >= 15 is 0 Å². The van der Waals surface area contributed by atoms with Crippen LogP contribution in [0.2, 0.25) is 0 Å². The molecule has 5 heteroatoms. The van der Waals surface area contributed by atoms with Crippen molar-refractivity contribution in [2.45, 2.75) is 19.4 Å². The molecule has 64 valence electrons. The Balaban J connectivity index is 0.000001000. The largest absolute Gasteiger partial charge is 0.328 e. The number of hydrogen-bond donors (Lipinski definition) is 1. The molecule has 1 atom stereocenters. The summed E-state index contributed by atoms with van der Waals surface area (Å²) in [6.45, 7) is 1.98. The predicted octanol–water partition coefficient (Wildman–Crippen LogP) is 2.22. The van der Waals surface area contributed by atoms with E-state index in [1.807, 2.05) is 12.3 Å². The SMILES string of the molecule is CC(N)Cc1nc(Br)cs1.Cl. The monoisotopic (exact) mass is 256 g/mol. The van der Waals surface area contributed by atoms with Gasteiger partial charge in [0.2, 0.25) is 0 Å². The van der Waals surface area contributed by atoms with Crippen LogP contribution in [0.1, 0.15) is 11.9 Å². The Bertz CT molecular complexity index is 214. The molecule has 0 radical (unpaired) electrons. The molecule has 1 aromatic rings. The van der Waals surface area contributed by atoms with Crippen LogP contribution in [0, 0.1) is 0 Å². The van der Waals surface area contributed by atoms with Gasteiger partial charge in [-0.3, -0.25) is 0 Å². The van der Waals surface area contributed by atoms with E-state index in [2.05, 4.69) is 20.9 Å². The van der Waals surface area contributed by atoms with Gasteiger partial charge in [0.1, 0.15) is 4.60 Å². The molecule has 0 aliphatic carbocycles. The van der Waals surface area contributed by atoms with Crippen molar-refractivity contribution in [3.63, 3.8) is 0 Å². The zero-order valence-corrected chi connectivity index (χ0v) is 9.30. The minimum Gasteiger partial charge on any atom is -0.328 e. The van der Waals surface area contributed by atoms with Crippen molar-refractivity contribution in [1.29, 1.82) is 0 Å². The summed E-state index contributed by atoms with van der Waals surface area (Å²) in [5.41, 5.74) is 5.59. The van der Waals surface area contributed by atoms with Crippen molar-refractivity contribution >= 4 is 39.7 Å². The predicted molar refractivity (Wildman–Crippen MR) is 54.4 cm³/mol. The number of halogens is 2. The first-order valence-corrected chi connectivity index (χ1v) is 4.71. The fourth-order valence-corrected chi connectivity index (χ4v) is 2.07. The lowest BCUT2D eigenvalue weighted by Crippen LogP contribution is -2.17. The van der Waals surface area contributed by atoms with Crippen LogP contribution >= 0.6 is 39.7 Å². The Morgan fingerprint density at radius 3 is 2.82 bits per heavy atom. The van der Waals surface area contributed by atoms with Gasteiger partial charge in [0.05, 0.1) is 5.01 Å². The Morgan fingerprint density at radius 2 is 2.45 bits per heavy atom. The molecule has 1 unspecified atom stereocenters. The average molecular weight is 258 g/mol. The fourth-order valence-electron chi connectivity index (χ4n) is 0.658. The highest BCUT2D eigenvalue weighted by Crippen LogP contribution is 2.15. The van der Waals surface area contributed by atoms with Gasteiger partial charge in [-0.05, 0) is 22.9 Å². The molecule has 2 N–H and O–H groups in total. The lowest BCUT2D eigenvalue weighted by Gasteiger charge is -1.98. The van der Waals surface area contributed by atoms with Crippen LogP contribution in [0.4, 0.5) is 0 Å². The van der Waals surface area contributed by atoms with Gasteiger partial charge in [-0.15, -0.1) is 23.7 Å². The van der Waals surface area contributed by atoms with Gasteiger partial charge in [-0.25, -0.2) is 4.98 Å². The smallest absolute Gasteiger partial charge is 0.117 e. The Labute approximate surface area is 84.7 Å². The van der Waals surface area contributed by atoms with Gasteiger partial charge >= 0.3 is 0 Å². The maximum Gasteiger partial charge on any atom is 0.117 e. The number of rotatable bonds is 2. The quantitative estimate of drug-likeness (QED) is 0.882. The van der Waals surface area contributed by atoms with Crippen molar-refractivity contribution in [1.82, 2.24) is 4.98 Å². The van der Waals surface area contributed by atoms with E-state index in [1.165, 1.54) is 0 Å². The average Bonchev–Trinajstić information content (AvgIpc) is 2.13. The highest BCUT2D eigenvalue weighted by Gasteiger charge is 2.01. The molecular weight excluding hydrogens is 248 g/mol. The molecule has 0 amide bonds. The fraction of sp³-hybridized carbons (Fsp3) is 0.500. The van der Waals surface area contributed by atoms with Crippen LogP contribution in [0.25, 0.3) is 0 Å². The molecule has 2 nitrogen and oxygen atoms in total. The van der Waals surface area contributed by atoms with E-state index in [0.29, 0.717) is 0 Å². The molecule has 0 aliphatic rings. The molecule has 0 bridgehead atoms. The maximum absolute atomic E-state index is 5.59. The molecule has 0 saturated carbocycles. The number of nitrogens with zero attached hydrogens (tertiary/aromatic N) is 1. The molecule has 0 aromatic carbocycles. The van der Waals surface area contributed by atoms with Crippen LogP contribution < -0.4 is 5.73 Å². The summed E-state index contributed by atoms with van der Waals surface area (Å²) in [5.74, 6) is 0. The summed E-state index contributed by atoms with van der Waals surface area (Å²) in [7, 11) is 0. The second kappa shape index (κ2) is 5.09. The van der Waals surface area contributed by atoms with Crippen LogP contribution in [0.15, 0.2) is 9.98 Å². The first-order valence-electron chi connectivity index (χ1n) is 3.04. The van der Waals surface area contributed by atoms with E-state index in [1.54, 1.807) is 11.3 Å². The Kier molecular flexibility index (Phi) is 5.25. The third-order valence-electron chi connectivity index (χ3n) is 1.02. The molecule has 0 fully saturated rings. The van der Waals surface area contributed by atoms with Gasteiger partial charge in [0.15, 0.2) is 0 Å². The lowest BCUT2D eigenvalue weighted by atomic mass is 10.3. The first kappa shape index (κ1) is 11.4. The summed E-state index contributed by atoms with van der Waals surface area (Å²) >= 11 is 4.92. The van der Waals surface area contributed by atoms with Gasteiger partial charge in [-0.1, -0.05) is 0 Å². The molecule has 1 rings (SSSR count). The van der Waals surface area contributed by atoms with E-state index in [4.69, 9.17) is 5.73 Å². The first-order chi connectivity index (χ1) is 4.68. The lowest BCUT2D eigenvalue weighted by molar-refractivity contribution is 0.733. The van der Waals surface area contributed by atoms with Gasteiger partial charge in [-0.2, -0.15) is 0 Å². The molecule has 0 saturated heterocycles. The number of hydrogen-bond acceptors (Lipinski definition) is 3. The second-order valence-electron chi connectivity index (χ2n) is 2.25. The van der Waals surface area contributed by atoms with Crippen molar-refractivity contribution in [3.05, 3.63) is 15.0 Å². The standard InChI is InChI=1S/C6H9BrN2S.ClH/c1-4(8)2-6-9-5(7)3-10-6;/h3-4H,2,8H2,1H3;1H. The Morgan fingerprint density at radius 1 is 1.82 bits per heavy atom. The molecule has 1 heterocycles.